The summed E-state index contributed by atoms with van der Waals surface area (Å²) in [5, 5.41) is 9.55. The minimum Gasteiger partial charge on any atom is -0.465 e. The van der Waals surface area contributed by atoms with Gasteiger partial charge in [0, 0.05) is 26.2 Å². The first-order valence-electron chi connectivity index (χ1n) is 5.16. The largest absolute Gasteiger partial charge is 0.465 e. The molecule has 1 heterocycles. The summed E-state index contributed by atoms with van der Waals surface area (Å²) in [5.41, 5.74) is 0.981. The van der Waals surface area contributed by atoms with Crippen LogP contribution in [0.25, 0.3) is 0 Å². The number of hydrogen-bond donors (Lipinski definition) is 1. The van der Waals surface area contributed by atoms with Crippen molar-refractivity contribution in [2.75, 3.05) is 31.1 Å². The molecular weight excluding hydrogens is 228 g/mol. The lowest BCUT2D eigenvalue weighted by molar-refractivity contribution is 0.142. The van der Waals surface area contributed by atoms with E-state index in [0.29, 0.717) is 31.2 Å². The van der Waals surface area contributed by atoms with Crippen molar-refractivity contribution in [2.45, 2.75) is 0 Å². The number of amides is 1. The fraction of sp³-hybridized carbons (Fsp3) is 0.364. The summed E-state index contributed by atoms with van der Waals surface area (Å²) in [4.78, 5) is 14.3. The number of carboxylic acid groups (broad SMARTS) is 1. The number of para-hydroxylation sites is 1. The van der Waals surface area contributed by atoms with Crippen LogP contribution in [0, 0.1) is 0 Å². The third kappa shape index (κ3) is 2.22. The zero-order valence-corrected chi connectivity index (χ0v) is 9.52. The van der Waals surface area contributed by atoms with Gasteiger partial charge in [0.15, 0.2) is 0 Å². The van der Waals surface area contributed by atoms with E-state index >= 15 is 0 Å². The second-order valence-corrected chi connectivity index (χ2v) is 4.12. The maximum absolute atomic E-state index is 10.7. The molecule has 0 saturated carbocycles. The molecule has 1 N–H and O–H groups in total. The molecule has 2 rings (SSSR count). The average molecular weight is 241 g/mol. The molecule has 1 aromatic rings. The maximum atomic E-state index is 10.7. The van der Waals surface area contributed by atoms with Gasteiger partial charge in [-0.25, -0.2) is 4.79 Å². The molecule has 0 spiro atoms. The third-order valence-corrected chi connectivity index (χ3v) is 3.06. The van der Waals surface area contributed by atoms with Gasteiger partial charge < -0.3 is 14.9 Å². The molecular formula is C11H13ClN2O2. The lowest BCUT2D eigenvalue weighted by atomic mass is 10.2. The topological polar surface area (TPSA) is 43.8 Å². The first-order valence-corrected chi connectivity index (χ1v) is 5.53. The Morgan fingerprint density at radius 1 is 1.19 bits per heavy atom. The van der Waals surface area contributed by atoms with E-state index in [9.17, 15) is 4.79 Å². The summed E-state index contributed by atoms with van der Waals surface area (Å²) < 4.78 is 0. The summed E-state index contributed by atoms with van der Waals surface area (Å²) >= 11 is 6.08. The Labute approximate surface area is 99.0 Å². The molecule has 1 amide bonds. The summed E-state index contributed by atoms with van der Waals surface area (Å²) in [6.45, 7) is 2.44. The molecule has 16 heavy (non-hydrogen) atoms. The lowest BCUT2D eigenvalue weighted by Crippen LogP contribution is -2.48. The molecule has 0 aromatic heterocycles. The van der Waals surface area contributed by atoms with Crippen LogP contribution in [0.1, 0.15) is 0 Å². The van der Waals surface area contributed by atoms with Gasteiger partial charge in [-0.1, -0.05) is 23.7 Å². The van der Waals surface area contributed by atoms with Crippen LogP contribution in [0.4, 0.5) is 10.5 Å². The molecule has 0 unspecified atom stereocenters. The van der Waals surface area contributed by atoms with Crippen LogP contribution in [0.3, 0.4) is 0 Å². The summed E-state index contributed by atoms with van der Waals surface area (Å²) in [6.07, 6.45) is -0.848. The third-order valence-electron chi connectivity index (χ3n) is 2.74. The molecule has 1 aliphatic heterocycles. The van der Waals surface area contributed by atoms with Gasteiger partial charge in [-0.3, -0.25) is 0 Å². The Balaban J connectivity index is 2.05. The standard InChI is InChI=1S/C11H13ClN2O2/c12-9-3-1-2-4-10(9)13-5-7-14(8-6-13)11(15)16/h1-4H,5-8H2,(H,15,16). The first kappa shape index (κ1) is 11.1. The maximum Gasteiger partial charge on any atom is 0.407 e. The van der Waals surface area contributed by atoms with E-state index < -0.39 is 6.09 Å². The van der Waals surface area contributed by atoms with Crippen LogP contribution in [0.5, 0.6) is 0 Å². The fourth-order valence-corrected chi connectivity index (χ4v) is 2.10. The van der Waals surface area contributed by atoms with Crippen LogP contribution in [-0.2, 0) is 0 Å². The van der Waals surface area contributed by atoms with Gasteiger partial charge in [0.1, 0.15) is 0 Å². The number of carbonyl (C=O) groups is 1. The summed E-state index contributed by atoms with van der Waals surface area (Å²) in [6, 6.07) is 7.63. The molecule has 1 aromatic carbocycles. The van der Waals surface area contributed by atoms with Crippen molar-refractivity contribution in [3.8, 4) is 0 Å². The van der Waals surface area contributed by atoms with Gasteiger partial charge in [-0.05, 0) is 12.1 Å². The molecule has 0 atom stereocenters. The number of benzene rings is 1. The summed E-state index contributed by atoms with van der Waals surface area (Å²) in [7, 11) is 0. The van der Waals surface area contributed by atoms with Crippen molar-refractivity contribution in [1.82, 2.24) is 4.90 Å². The highest BCUT2D eigenvalue weighted by Crippen LogP contribution is 2.25. The highest BCUT2D eigenvalue weighted by atomic mass is 35.5. The molecule has 0 bridgehead atoms. The van der Waals surface area contributed by atoms with Gasteiger partial charge >= 0.3 is 6.09 Å². The van der Waals surface area contributed by atoms with E-state index in [0.717, 1.165) is 5.69 Å². The highest BCUT2D eigenvalue weighted by molar-refractivity contribution is 6.33. The molecule has 0 radical (unpaired) electrons. The lowest BCUT2D eigenvalue weighted by Gasteiger charge is -2.35. The minimum absolute atomic E-state index is 0.528. The number of halogens is 1. The predicted octanol–water partition coefficient (Wildman–Crippen LogP) is 2.14. The van der Waals surface area contributed by atoms with Gasteiger partial charge in [-0.15, -0.1) is 0 Å². The van der Waals surface area contributed by atoms with Crippen molar-refractivity contribution >= 4 is 23.4 Å². The van der Waals surface area contributed by atoms with Gasteiger partial charge in [0.05, 0.1) is 10.7 Å². The number of piperazine rings is 1. The van der Waals surface area contributed by atoms with E-state index in [-0.39, 0.29) is 0 Å². The van der Waals surface area contributed by atoms with Gasteiger partial charge in [0.25, 0.3) is 0 Å². The van der Waals surface area contributed by atoms with Crippen molar-refractivity contribution < 1.29 is 9.90 Å². The summed E-state index contributed by atoms with van der Waals surface area (Å²) in [5.74, 6) is 0. The number of nitrogens with zero attached hydrogens (tertiary/aromatic N) is 2. The Kier molecular flexibility index (Phi) is 3.19. The van der Waals surface area contributed by atoms with Crippen molar-refractivity contribution in [2.24, 2.45) is 0 Å². The minimum atomic E-state index is -0.848. The van der Waals surface area contributed by atoms with Crippen LogP contribution in [-0.4, -0.2) is 42.3 Å². The first-order chi connectivity index (χ1) is 7.68. The van der Waals surface area contributed by atoms with Crippen LogP contribution < -0.4 is 4.90 Å². The van der Waals surface area contributed by atoms with E-state index in [1.54, 1.807) is 0 Å². The second kappa shape index (κ2) is 4.61. The number of rotatable bonds is 1. The van der Waals surface area contributed by atoms with Gasteiger partial charge in [-0.2, -0.15) is 0 Å². The Bertz CT molecular complexity index is 389. The predicted molar refractivity (Wildman–Crippen MR) is 63.3 cm³/mol. The smallest absolute Gasteiger partial charge is 0.407 e. The van der Waals surface area contributed by atoms with E-state index in [1.807, 2.05) is 24.3 Å². The van der Waals surface area contributed by atoms with Crippen molar-refractivity contribution in [3.05, 3.63) is 29.3 Å². The molecule has 1 saturated heterocycles. The molecule has 1 fully saturated rings. The highest BCUT2D eigenvalue weighted by Gasteiger charge is 2.21. The van der Waals surface area contributed by atoms with Crippen molar-refractivity contribution in [1.29, 1.82) is 0 Å². The molecule has 86 valence electrons. The molecule has 0 aliphatic carbocycles. The molecule has 4 nitrogen and oxygen atoms in total. The SMILES string of the molecule is O=C(O)N1CCN(c2ccccc2Cl)CC1. The average Bonchev–Trinajstić information content (AvgIpc) is 2.30. The second-order valence-electron chi connectivity index (χ2n) is 3.71. The number of anilines is 1. The van der Waals surface area contributed by atoms with E-state index in [4.69, 9.17) is 16.7 Å². The van der Waals surface area contributed by atoms with E-state index in [1.165, 1.54) is 4.90 Å². The Hall–Kier alpha value is -1.42. The van der Waals surface area contributed by atoms with Crippen LogP contribution in [0.2, 0.25) is 5.02 Å². The number of hydrogen-bond acceptors (Lipinski definition) is 2. The Morgan fingerprint density at radius 3 is 2.38 bits per heavy atom. The van der Waals surface area contributed by atoms with E-state index in [2.05, 4.69) is 4.90 Å². The quantitative estimate of drug-likeness (QED) is 0.818. The molecule has 1 aliphatic rings. The fourth-order valence-electron chi connectivity index (χ4n) is 1.85. The zero-order chi connectivity index (χ0) is 11.5. The molecule has 5 heteroatoms. The van der Waals surface area contributed by atoms with Crippen LogP contribution >= 0.6 is 11.6 Å². The Morgan fingerprint density at radius 2 is 1.81 bits per heavy atom. The van der Waals surface area contributed by atoms with Gasteiger partial charge in [0.2, 0.25) is 0 Å². The van der Waals surface area contributed by atoms with Crippen molar-refractivity contribution in [3.63, 3.8) is 0 Å². The zero-order valence-electron chi connectivity index (χ0n) is 8.77. The normalized spacial score (nSPS) is 16.3. The monoisotopic (exact) mass is 240 g/mol. The van der Waals surface area contributed by atoms with Crippen LogP contribution in [0.15, 0.2) is 24.3 Å².